The quantitative estimate of drug-likeness (QED) is 0.733. The molecule has 1 aromatic carbocycles. The van der Waals surface area contributed by atoms with Crippen LogP contribution in [-0.4, -0.2) is 22.2 Å². The molecule has 5 nitrogen and oxygen atoms in total. The minimum Gasteiger partial charge on any atom is -0.361 e. The normalized spacial score (nSPS) is 10.9. The van der Waals surface area contributed by atoms with Crippen molar-refractivity contribution < 1.29 is 8.91 Å². The van der Waals surface area contributed by atoms with Crippen LogP contribution >= 0.6 is 0 Å². The molecule has 0 amide bonds. The van der Waals surface area contributed by atoms with E-state index < -0.39 is 0 Å². The van der Waals surface area contributed by atoms with Gasteiger partial charge in [-0.15, -0.1) is 0 Å². The molecule has 0 saturated heterocycles. The Kier molecular flexibility index (Phi) is 3.06. The van der Waals surface area contributed by atoms with Crippen molar-refractivity contribution in [2.45, 2.75) is 13.5 Å². The smallest absolute Gasteiger partial charge is 0.149 e. The van der Waals surface area contributed by atoms with Gasteiger partial charge in [0.1, 0.15) is 34.9 Å². The Balaban J connectivity index is 1.99. The molecule has 2 heterocycles. The number of nitrogens with zero attached hydrogens (tertiary/aromatic N) is 4. The molecule has 0 aliphatic heterocycles. The molecular formula is C14H13FN4O. The van der Waals surface area contributed by atoms with E-state index in [-0.39, 0.29) is 5.82 Å². The lowest BCUT2D eigenvalue weighted by Gasteiger charge is -2.18. The number of fused-ring (bicyclic) bond motifs is 1. The van der Waals surface area contributed by atoms with E-state index in [0.717, 1.165) is 11.5 Å². The second-order valence-electron chi connectivity index (χ2n) is 4.62. The number of para-hydroxylation sites is 1. The number of benzene rings is 1. The predicted molar refractivity (Wildman–Crippen MR) is 72.8 cm³/mol. The fourth-order valence-electron chi connectivity index (χ4n) is 2.15. The minimum atomic E-state index is -0.350. The number of anilines is 1. The van der Waals surface area contributed by atoms with Gasteiger partial charge in [0.15, 0.2) is 0 Å². The summed E-state index contributed by atoms with van der Waals surface area (Å²) in [4.78, 5) is 10.1. The molecule has 0 N–H and O–H groups in total. The van der Waals surface area contributed by atoms with E-state index in [2.05, 4.69) is 15.1 Å². The molecule has 0 atom stereocenters. The Morgan fingerprint density at radius 2 is 2.15 bits per heavy atom. The Labute approximate surface area is 115 Å². The first-order chi connectivity index (χ1) is 9.65. The number of hydrogen-bond donors (Lipinski definition) is 0. The first-order valence-electron chi connectivity index (χ1n) is 6.17. The highest BCUT2D eigenvalue weighted by Gasteiger charge is 2.12. The van der Waals surface area contributed by atoms with Crippen molar-refractivity contribution >= 4 is 16.7 Å². The molecule has 20 heavy (non-hydrogen) atoms. The molecule has 0 radical (unpaired) electrons. The van der Waals surface area contributed by atoms with Gasteiger partial charge in [0.25, 0.3) is 0 Å². The molecule has 102 valence electrons. The Hall–Kier alpha value is -2.50. The Morgan fingerprint density at radius 1 is 1.30 bits per heavy atom. The first-order valence-corrected chi connectivity index (χ1v) is 6.17. The molecule has 3 rings (SSSR count). The van der Waals surface area contributed by atoms with Gasteiger partial charge in [-0.1, -0.05) is 11.2 Å². The van der Waals surface area contributed by atoms with Crippen molar-refractivity contribution in [3.63, 3.8) is 0 Å². The van der Waals surface area contributed by atoms with Crippen LogP contribution in [0.2, 0.25) is 0 Å². The van der Waals surface area contributed by atoms with E-state index in [1.165, 1.54) is 12.4 Å². The second kappa shape index (κ2) is 4.88. The third kappa shape index (κ3) is 2.20. The molecule has 6 heteroatoms. The number of halogens is 1. The Morgan fingerprint density at radius 3 is 2.90 bits per heavy atom. The summed E-state index contributed by atoms with van der Waals surface area (Å²) in [6.45, 7) is 2.37. The zero-order chi connectivity index (χ0) is 14.1. The zero-order valence-corrected chi connectivity index (χ0v) is 11.2. The number of rotatable bonds is 3. The topological polar surface area (TPSA) is 55.1 Å². The molecular weight excluding hydrogens is 259 g/mol. The van der Waals surface area contributed by atoms with E-state index in [4.69, 9.17) is 4.52 Å². The van der Waals surface area contributed by atoms with E-state index >= 15 is 0 Å². The van der Waals surface area contributed by atoms with Crippen LogP contribution in [0.3, 0.4) is 0 Å². The fraction of sp³-hybridized carbons (Fsp3) is 0.214. The van der Waals surface area contributed by atoms with Crippen LogP contribution < -0.4 is 4.90 Å². The maximum Gasteiger partial charge on any atom is 0.149 e. The van der Waals surface area contributed by atoms with Crippen LogP contribution in [0.5, 0.6) is 0 Å². The van der Waals surface area contributed by atoms with Gasteiger partial charge in [0, 0.05) is 18.5 Å². The minimum absolute atomic E-state index is 0.320. The van der Waals surface area contributed by atoms with Gasteiger partial charge in [-0.25, -0.2) is 14.4 Å². The number of aryl methyl sites for hydroxylation is 1. The first kappa shape index (κ1) is 12.5. The molecule has 0 saturated carbocycles. The monoisotopic (exact) mass is 272 g/mol. The average molecular weight is 272 g/mol. The molecule has 0 aliphatic rings. The number of hydrogen-bond acceptors (Lipinski definition) is 5. The summed E-state index contributed by atoms with van der Waals surface area (Å²) in [5.41, 5.74) is 1.12. The maximum absolute atomic E-state index is 13.7. The molecule has 0 unspecified atom stereocenters. The van der Waals surface area contributed by atoms with Gasteiger partial charge in [-0.05, 0) is 19.1 Å². The van der Waals surface area contributed by atoms with Crippen molar-refractivity contribution in [1.82, 2.24) is 15.1 Å². The maximum atomic E-state index is 13.7. The number of aromatic nitrogens is 3. The van der Waals surface area contributed by atoms with Crippen molar-refractivity contribution in [1.29, 1.82) is 0 Å². The molecule has 3 aromatic rings. The molecule has 0 aliphatic carbocycles. The van der Waals surface area contributed by atoms with E-state index in [1.807, 2.05) is 24.9 Å². The summed E-state index contributed by atoms with van der Waals surface area (Å²) in [5, 5.41) is 4.62. The largest absolute Gasteiger partial charge is 0.361 e. The summed E-state index contributed by atoms with van der Waals surface area (Å²) in [6.07, 6.45) is 1.37. The third-order valence-electron chi connectivity index (χ3n) is 3.03. The standard InChI is InChI=1S/C14H13FN4O/c1-9-6-10(18-20-9)7-19(2)14-11-4-3-5-12(15)13(11)16-8-17-14/h3-6,8H,7H2,1-2H3. The average Bonchev–Trinajstić information content (AvgIpc) is 2.84. The Bertz CT molecular complexity index is 756. The summed E-state index contributed by atoms with van der Waals surface area (Å²) < 4.78 is 18.8. The van der Waals surface area contributed by atoms with E-state index in [9.17, 15) is 4.39 Å². The molecule has 0 spiro atoms. The van der Waals surface area contributed by atoms with Crippen LogP contribution in [0.1, 0.15) is 11.5 Å². The lowest BCUT2D eigenvalue weighted by Crippen LogP contribution is -2.18. The van der Waals surface area contributed by atoms with Crippen LogP contribution in [0.15, 0.2) is 35.1 Å². The van der Waals surface area contributed by atoms with Crippen LogP contribution in [0.25, 0.3) is 10.9 Å². The lowest BCUT2D eigenvalue weighted by atomic mass is 10.2. The summed E-state index contributed by atoms with van der Waals surface area (Å²) in [7, 11) is 1.87. The highest BCUT2D eigenvalue weighted by Crippen LogP contribution is 2.24. The van der Waals surface area contributed by atoms with Crippen LogP contribution in [0, 0.1) is 12.7 Å². The van der Waals surface area contributed by atoms with Gasteiger partial charge in [0.05, 0.1) is 6.54 Å². The zero-order valence-electron chi connectivity index (χ0n) is 11.2. The van der Waals surface area contributed by atoms with Crippen molar-refractivity contribution in [3.05, 3.63) is 47.9 Å². The molecule has 2 aromatic heterocycles. The predicted octanol–water partition coefficient (Wildman–Crippen LogP) is 2.70. The van der Waals surface area contributed by atoms with Gasteiger partial charge in [-0.2, -0.15) is 0 Å². The van der Waals surface area contributed by atoms with Crippen molar-refractivity contribution in [3.8, 4) is 0 Å². The lowest BCUT2D eigenvalue weighted by molar-refractivity contribution is 0.390. The van der Waals surface area contributed by atoms with Crippen LogP contribution in [0.4, 0.5) is 10.2 Å². The van der Waals surface area contributed by atoms with Crippen LogP contribution in [-0.2, 0) is 6.54 Å². The third-order valence-corrected chi connectivity index (χ3v) is 3.03. The molecule has 0 bridgehead atoms. The highest BCUT2D eigenvalue weighted by molar-refractivity contribution is 5.89. The van der Waals surface area contributed by atoms with Gasteiger partial charge < -0.3 is 9.42 Å². The van der Waals surface area contributed by atoms with E-state index in [1.54, 1.807) is 12.1 Å². The van der Waals surface area contributed by atoms with Gasteiger partial charge in [0.2, 0.25) is 0 Å². The summed E-state index contributed by atoms with van der Waals surface area (Å²) >= 11 is 0. The second-order valence-corrected chi connectivity index (χ2v) is 4.62. The van der Waals surface area contributed by atoms with Gasteiger partial charge in [-0.3, -0.25) is 0 Å². The van der Waals surface area contributed by atoms with Crippen molar-refractivity contribution in [2.75, 3.05) is 11.9 Å². The van der Waals surface area contributed by atoms with Gasteiger partial charge >= 0.3 is 0 Å². The summed E-state index contributed by atoms with van der Waals surface area (Å²) in [6, 6.07) is 6.71. The van der Waals surface area contributed by atoms with E-state index in [0.29, 0.717) is 23.3 Å². The van der Waals surface area contributed by atoms with Crippen molar-refractivity contribution in [2.24, 2.45) is 0 Å². The summed E-state index contributed by atoms with van der Waals surface area (Å²) in [5.74, 6) is 1.07. The fourth-order valence-corrected chi connectivity index (χ4v) is 2.15. The SMILES string of the molecule is Cc1cc(CN(C)c2ncnc3c(F)cccc23)no1. The highest BCUT2D eigenvalue weighted by atomic mass is 19.1. The molecule has 0 fully saturated rings.